The number of hydrazone groups is 1. The van der Waals surface area contributed by atoms with Crippen molar-refractivity contribution in [2.45, 2.75) is 13.8 Å². The molecule has 0 spiro atoms. The summed E-state index contributed by atoms with van der Waals surface area (Å²) in [6.45, 7) is 6.24. The summed E-state index contributed by atoms with van der Waals surface area (Å²) in [5.41, 5.74) is 5.32. The van der Waals surface area contributed by atoms with Gasteiger partial charge in [-0.05, 0) is 54.4 Å². The molecule has 0 fully saturated rings. The molecular formula is C22H23N3O. The van der Waals surface area contributed by atoms with E-state index < -0.39 is 0 Å². The van der Waals surface area contributed by atoms with E-state index in [1.54, 1.807) is 6.21 Å². The number of rotatable bonds is 6. The molecule has 0 aromatic heterocycles. The molecule has 1 N–H and O–H groups in total. The van der Waals surface area contributed by atoms with Gasteiger partial charge in [-0.3, -0.25) is 4.79 Å². The molecule has 132 valence electrons. The molecule has 4 heteroatoms. The maximum atomic E-state index is 12.3. The Labute approximate surface area is 154 Å². The first-order valence-corrected chi connectivity index (χ1v) is 8.88. The molecule has 0 saturated heterocycles. The van der Waals surface area contributed by atoms with Gasteiger partial charge in [-0.25, -0.2) is 5.43 Å². The van der Waals surface area contributed by atoms with E-state index in [0.29, 0.717) is 5.56 Å². The first-order chi connectivity index (χ1) is 12.7. The van der Waals surface area contributed by atoms with E-state index in [9.17, 15) is 4.79 Å². The number of benzene rings is 3. The van der Waals surface area contributed by atoms with Crippen LogP contribution in [0.25, 0.3) is 10.8 Å². The first-order valence-electron chi connectivity index (χ1n) is 8.88. The standard InChI is InChI=1S/C22H23N3O/c1-3-25(4-2)21-13-9-17(10-14-21)16-23-24-22(26)20-12-11-18-7-5-6-8-19(18)15-20/h5-16H,3-4H2,1-2H3,(H,24,26)/b23-16-. The van der Waals surface area contributed by atoms with Gasteiger partial charge in [0.05, 0.1) is 6.21 Å². The fraction of sp³-hybridized carbons (Fsp3) is 0.182. The van der Waals surface area contributed by atoms with Crippen LogP contribution >= 0.6 is 0 Å². The maximum absolute atomic E-state index is 12.3. The highest BCUT2D eigenvalue weighted by Gasteiger charge is 2.05. The number of anilines is 1. The molecule has 3 rings (SSSR count). The average Bonchev–Trinajstić information content (AvgIpc) is 2.69. The van der Waals surface area contributed by atoms with Gasteiger partial charge in [-0.1, -0.05) is 42.5 Å². The van der Waals surface area contributed by atoms with Crippen molar-refractivity contribution in [2.75, 3.05) is 18.0 Å². The predicted octanol–water partition coefficient (Wildman–Crippen LogP) is 4.45. The van der Waals surface area contributed by atoms with Crippen molar-refractivity contribution in [2.24, 2.45) is 5.10 Å². The molecule has 0 aliphatic heterocycles. The van der Waals surface area contributed by atoms with Crippen LogP contribution in [0.15, 0.2) is 71.8 Å². The highest BCUT2D eigenvalue weighted by atomic mass is 16.2. The Balaban J connectivity index is 1.64. The third kappa shape index (κ3) is 4.09. The second-order valence-corrected chi connectivity index (χ2v) is 6.02. The van der Waals surface area contributed by atoms with Crippen molar-refractivity contribution in [1.82, 2.24) is 5.43 Å². The number of hydrogen-bond acceptors (Lipinski definition) is 3. The molecule has 0 radical (unpaired) electrons. The minimum atomic E-state index is -0.216. The zero-order valence-corrected chi connectivity index (χ0v) is 15.1. The molecule has 4 nitrogen and oxygen atoms in total. The van der Waals surface area contributed by atoms with Gasteiger partial charge in [0.25, 0.3) is 5.91 Å². The summed E-state index contributed by atoms with van der Waals surface area (Å²) in [5.74, 6) is -0.216. The van der Waals surface area contributed by atoms with Gasteiger partial charge in [0.15, 0.2) is 0 Å². The highest BCUT2D eigenvalue weighted by Crippen LogP contribution is 2.16. The van der Waals surface area contributed by atoms with Crippen LogP contribution in [0.2, 0.25) is 0 Å². The lowest BCUT2D eigenvalue weighted by Crippen LogP contribution is -2.21. The van der Waals surface area contributed by atoms with E-state index in [1.165, 1.54) is 5.69 Å². The number of carbonyl (C=O) groups is 1. The monoisotopic (exact) mass is 345 g/mol. The van der Waals surface area contributed by atoms with Crippen LogP contribution in [-0.2, 0) is 0 Å². The van der Waals surface area contributed by atoms with Crippen molar-refractivity contribution in [3.8, 4) is 0 Å². The Hall–Kier alpha value is -3.14. The minimum Gasteiger partial charge on any atom is -0.372 e. The second kappa shape index (κ2) is 8.30. The van der Waals surface area contributed by atoms with Crippen LogP contribution in [0.1, 0.15) is 29.8 Å². The summed E-state index contributed by atoms with van der Waals surface area (Å²) in [7, 11) is 0. The molecular weight excluding hydrogens is 322 g/mol. The van der Waals surface area contributed by atoms with Gasteiger partial charge in [0, 0.05) is 24.3 Å². The fourth-order valence-corrected chi connectivity index (χ4v) is 2.92. The molecule has 0 atom stereocenters. The number of hydrogen-bond donors (Lipinski definition) is 1. The topological polar surface area (TPSA) is 44.7 Å². The largest absolute Gasteiger partial charge is 0.372 e. The molecule has 26 heavy (non-hydrogen) atoms. The van der Waals surface area contributed by atoms with Gasteiger partial charge in [-0.15, -0.1) is 0 Å². The van der Waals surface area contributed by atoms with E-state index in [1.807, 2.05) is 54.6 Å². The van der Waals surface area contributed by atoms with E-state index in [-0.39, 0.29) is 5.91 Å². The lowest BCUT2D eigenvalue weighted by molar-refractivity contribution is 0.0955. The summed E-state index contributed by atoms with van der Waals surface area (Å²) < 4.78 is 0. The zero-order valence-electron chi connectivity index (χ0n) is 15.1. The van der Waals surface area contributed by atoms with E-state index >= 15 is 0 Å². The first kappa shape index (κ1) is 17.7. The van der Waals surface area contributed by atoms with Crippen molar-refractivity contribution < 1.29 is 4.79 Å². The number of amides is 1. The maximum Gasteiger partial charge on any atom is 0.271 e. The predicted molar refractivity (Wildman–Crippen MR) is 109 cm³/mol. The number of nitrogens with one attached hydrogen (secondary N) is 1. The molecule has 0 unspecified atom stereocenters. The van der Waals surface area contributed by atoms with Crippen LogP contribution in [0, 0.1) is 0 Å². The van der Waals surface area contributed by atoms with Gasteiger partial charge >= 0.3 is 0 Å². The summed E-state index contributed by atoms with van der Waals surface area (Å²) in [6, 6.07) is 21.7. The second-order valence-electron chi connectivity index (χ2n) is 6.02. The molecule has 0 bridgehead atoms. The van der Waals surface area contributed by atoms with Crippen LogP contribution in [0.5, 0.6) is 0 Å². The smallest absolute Gasteiger partial charge is 0.271 e. The van der Waals surface area contributed by atoms with E-state index in [4.69, 9.17) is 0 Å². The fourth-order valence-electron chi connectivity index (χ4n) is 2.92. The molecule has 0 aliphatic carbocycles. The molecule has 0 aliphatic rings. The van der Waals surface area contributed by atoms with Crippen LogP contribution in [-0.4, -0.2) is 25.2 Å². The van der Waals surface area contributed by atoms with E-state index in [2.05, 4.69) is 41.4 Å². The molecule has 3 aromatic carbocycles. The van der Waals surface area contributed by atoms with Gasteiger partial charge < -0.3 is 4.90 Å². The van der Waals surface area contributed by atoms with Crippen molar-refractivity contribution in [1.29, 1.82) is 0 Å². The average molecular weight is 345 g/mol. The third-order valence-corrected chi connectivity index (χ3v) is 4.41. The van der Waals surface area contributed by atoms with Gasteiger partial charge in [0.1, 0.15) is 0 Å². The normalized spacial score (nSPS) is 11.0. The number of carbonyl (C=O) groups excluding carboxylic acids is 1. The Morgan fingerprint density at radius 3 is 2.35 bits per heavy atom. The lowest BCUT2D eigenvalue weighted by atomic mass is 10.1. The third-order valence-electron chi connectivity index (χ3n) is 4.41. The molecule has 1 amide bonds. The van der Waals surface area contributed by atoms with Crippen LogP contribution in [0.3, 0.4) is 0 Å². The Bertz CT molecular complexity index is 912. The Morgan fingerprint density at radius 1 is 0.962 bits per heavy atom. The van der Waals surface area contributed by atoms with Crippen LogP contribution < -0.4 is 10.3 Å². The highest BCUT2D eigenvalue weighted by molar-refractivity contribution is 5.99. The zero-order chi connectivity index (χ0) is 18.4. The van der Waals surface area contributed by atoms with Crippen LogP contribution in [0.4, 0.5) is 5.69 Å². The minimum absolute atomic E-state index is 0.216. The molecule has 3 aromatic rings. The van der Waals surface area contributed by atoms with Gasteiger partial charge in [-0.2, -0.15) is 5.10 Å². The number of nitrogens with zero attached hydrogens (tertiary/aromatic N) is 2. The Morgan fingerprint density at radius 2 is 1.65 bits per heavy atom. The number of fused-ring (bicyclic) bond motifs is 1. The summed E-state index contributed by atoms with van der Waals surface area (Å²) in [4.78, 5) is 14.5. The van der Waals surface area contributed by atoms with Crippen molar-refractivity contribution in [3.05, 3.63) is 77.9 Å². The van der Waals surface area contributed by atoms with Crippen molar-refractivity contribution >= 4 is 28.6 Å². The summed E-state index contributed by atoms with van der Waals surface area (Å²) in [5, 5.41) is 6.22. The summed E-state index contributed by atoms with van der Waals surface area (Å²) in [6.07, 6.45) is 1.66. The van der Waals surface area contributed by atoms with Crippen molar-refractivity contribution in [3.63, 3.8) is 0 Å². The molecule has 0 saturated carbocycles. The molecule has 0 heterocycles. The van der Waals surface area contributed by atoms with Gasteiger partial charge in [0.2, 0.25) is 0 Å². The summed E-state index contributed by atoms with van der Waals surface area (Å²) >= 11 is 0. The quantitative estimate of drug-likeness (QED) is 0.530. The van der Waals surface area contributed by atoms with E-state index in [0.717, 1.165) is 29.4 Å². The lowest BCUT2D eigenvalue weighted by Gasteiger charge is -2.20. The Kier molecular flexibility index (Phi) is 5.64. The SMILES string of the molecule is CCN(CC)c1ccc(/C=N\NC(=O)c2ccc3ccccc3c2)cc1.